The molecule has 8 heteroatoms. The van der Waals surface area contributed by atoms with Gasteiger partial charge in [-0.3, -0.25) is 9.69 Å². The van der Waals surface area contributed by atoms with E-state index in [2.05, 4.69) is 33.8 Å². The molecule has 0 spiro atoms. The van der Waals surface area contributed by atoms with Gasteiger partial charge in [0, 0.05) is 17.7 Å². The van der Waals surface area contributed by atoms with E-state index in [0.29, 0.717) is 29.5 Å². The molecule has 1 aliphatic carbocycles. The number of piperidine rings is 1. The monoisotopic (exact) mass is 541 g/mol. The second-order valence-electron chi connectivity index (χ2n) is 11.2. The molecule has 0 unspecified atom stereocenters. The predicted molar refractivity (Wildman–Crippen MR) is 141 cm³/mol. The summed E-state index contributed by atoms with van der Waals surface area (Å²) in [6.07, 6.45) is 6.50. The van der Waals surface area contributed by atoms with Crippen LogP contribution in [-0.4, -0.2) is 41.5 Å². The standard InChI is InChI=1S/C31H34F3NO4/c1-3-20-4-10-27(39-31(32,33)34)25(16-20)18-35-14-12-22(13-15-35)26-11-9-21-5-8-24(17-28(21)38-26)29(23-6-7-23)19(2)30(36)37/h1,4-5,8,10,16-17,19,22-23,26,29H,6-7,9,11-15,18H2,2H3,(H,36,37)/t19-,26+,29-/m0/s1. The minimum atomic E-state index is -4.77. The number of hydrogen-bond donors (Lipinski definition) is 1. The van der Waals surface area contributed by atoms with Crippen LogP contribution in [0, 0.1) is 30.1 Å². The smallest absolute Gasteiger partial charge is 0.490 e. The van der Waals surface area contributed by atoms with Crippen molar-refractivity contribution in [3.05, 3.63) is 58.7 Å². The molecule has 5 nitrogen and oxygen atoms in total. The highest BCUT2D eigenvalue weighted by Gasteiger charge is 2.39. The lowest BCUT2D eigenvalue weighted by Crippen LogP contribution is -2.40. The third kappa shape index (κ3) is 6.52. The number of ether oxygens (including phenoxy) is 2. The number of nitrogens with zero attached hydrogens (tertiary/aromatic N) is 1. The van der Waals surface area contributed by atoms with Crippen molar-refractivity contribution in [3.63, 3.8) is 0 Å². The normalized spacial score (nSPS) is 21.8. The van der Waals surface area contributed by atoms with Crippen molar-refractivity contribution in [2.75, 3.05) is 13.1 Å². The Morgan fingerprint density at radius 2 is 1.90 bits per heavy atom. The molecule has 208 valence electrons. The molecule has 2 aromatic carbocycles. The van der Waals surface area contributed by atoms with E-state index >= 15 is 0 Å². The Balaban J connectivity index is 1.22. The molecule has 2 fully saturated rings. The zero-order valence-electron chi connectivity index (χ0n) is 22.0. The summed E-state index contributed by atoms with van der Waals surface area (Å²) in [6.45, 7) is 3.60. The summed E-state index contributed by atoms with van der Waals surface area (Å²) >= 11 is 0. The van der Waals surface area contributed by atoms with Gasteiger partial charge in [-0.05, 0) is 105 Å². The molecule has 1 saturated heterocycles. The summed E-state index contributed by atoms with van der Waals surface area (Å²) in [4.78, 5) is 13.9. The summed E-state index contributed by atoms with van der Waals surface area (Å²) in [7, 11) is 0. The first-order chi connectivity index (χ1) is 18.6. The number of aryl methyl sites for hydroxylation is 1. The molecule has 0 bridgehead atoms. The largest absolute Gasteiger partial charge is 0.573 e. The number of carbonyl (C=O) groups is 1. The molecule has 39 heavy (non-hydrogen) atoms. The molecule has 3 atom stereocenters. The fraction of sp³-hybridized carbons (Fsp3) is 0.516. The number of carboxylic acid groups (broad SMARTS) is 1. The molecule has 5 rings (SSSR count). The number of fused-ring (bicyclic) bond motifs is 1. The molecule has 2 heterocycles. The van der Waals surface area contributed by atoms with Crippen LogP contribution in [0.1, 0.15) is 67.2 Å². The summed E-state index contributed by atoms with van der Waals surface area (Å²) in [5, 5.41) is 9.65. The number of hydrogen-bond acceptors (Lipinski definition) is 4. The van der Waals surface area contributed by atoms with E-state index in [4.69, 9.17) is 11.2 Å². The number of aliphatic carboxylic acids is 1. The first kappa shape index (κ1) is 27.4. The van der Waals surface area contributed by atoms with Gasteiger partial charge < -0.3 is 14.6 Å². The molecule has 1 N–H and O–H groups in total. The number of rotatable bonds is 8. The van der Waals surface area contributed by atoms with Gasteiger partial charge >= 0.3 is 12.3 Å². The molecule has 2 aliphatic heterocycles. The van der Waals surface area contributed by atoms with Crippen LogP contribution in [0.15, 0.2) is 36.4 Å². The molecule has 0 radical (unpaired) electrons. The average molecular weight is 542 g/mol. The SMILES string of the molecule is C#Cc1ccc(OC(F)(F)F)c(CN2CCC([C@H]3CCc4ccc([C@H](C5CC5)[C@H](C)C(=O)O)cc4O3)CC2)c1. The van der Waals surface area contributed by atoms with E-state index in [1.54, 1.807) is 13.0 Å². The fourth-order valence-electron chi connectivity index (χ4n) is 6.27. The van der Waals surface area contributed by atoms with Gasteiger partial charge in [0.1, 0.15) is 17.6 Å². The number of carboxylic acids is 1. The van der Waals surface area contributed by atoms with Crippen molar-refractivity contribution >= 4 is 5.97 Å². The number of benzene rings is 2. The summed E-state index contributed by atoms with van der Waals surface area (Å²) in [6, 6.07) is 10.6. The molecule has 0 amide bonds. The van der Waals surface area contributed by atoms with Gasteiger partial charge in [-0.2, -0.15) is 0 Å². The first-order valence-electron chi connectivity index (χ1n) is 13.7. The predicted octanol–water partition coefficient (Wildman–Crippen LogP) is 6.39. The Bertz CT molecular complexity index is 1240. The lowest BCUT2D eigenvalue weighted by Gasteiger charge is -2.38. The zero-order chi connectivity index (χ0) is 27.7. The van der Waals surface area contributed by atoms with E-state index in [1.165, 1.54) is 12.1 Å². The topological polar surface area (TPSA) is 59.0 Å². The number of halogens is 3. The van der Waals surface area contributed by atoms with Crippen LogP contribution in [0.4, 0.5) is 13.2 Å². The summed E-state index contributed by atoms with van der Waals surface area (Å²) < 4.78 is 49.5. The van der Waals surface area contributed by atoms with Gasteiger partial charge in [-0.1, -0.05) is 25.0 Å². The maximum atomic E-state index is 12.9. The van der Waals surface area contributed by atoms with Crippen LogP contribution in [0.5, 0.6) is 11.5 Å². The van der Waals surface area contributed by atoms with E-state index in [9.17, 15) is 23.1 Å². The van der Waals surface area contributed by atoms with Crippen LogP contribution >= 0.6 is 0 Å². The van der Waals surface area contributed by atoms with E-state index in [-0.39, 0.29) is 17.8 Å². The van der Waals surface area contributed by atoms with Gasteiger partial charge in [-0.15, -0.1) is 19.6 Å². The Morgan fingerprint density at radius 1 is 1.15 bits per heavy atom. The summed E-state index contributed by atoms with van der Waals surface area (Å²) in [5.41, 5.74) is 3.16. The quantitative estimate of drug-likeness (QED) is 0.393. The minimum Gasteiger partial charge on any atom is -0.490 e. The molecule has 2 aromatic rings. The van der Waals surface area contributed by atoms with Crippen molar-refractivity contribution < 1.29 is 32.5 Å². The van der Waals surface area contributed by atoms with Gasteiger partial charge in [-0.25, -0.2) is 0 Å². The lowest BCUT2D eigenvalue weighted by atomic mass is 9.81. The molecular formula is C31H34F3NO4. The van der Waals surface area contributed by atoms with E-state index in [0.717, 1.165) is 68.5 Å². The van der Waals surface area contributed by atoms with Crippen molar-refractivity contribution in [2.24, 2.45) is 17.8 Å². The van der Waals surface area contributed by atoms with Crippen LogP contribution in [0.3, 0.4) is 0 Å². The highest BCUT2D eigenvalue weighted by atomic mass is 19.4. The van der Waals surface area contributed by atoms with Gasteiger partial charge in [0.25, 0.3) is 0 Å². The summed E-state index contributed by atoms with van der Waals surface area (Å²) in [5.74, 6) is 2.69. The lowest BCUT2D eigenvalue weighted by molar-refractivity contribution is -0.275. The Hall–Kier alpha value is -3.18. The second-order valence-corrected chi connectivity index (χ2v) is 11.2. The maximum absolute atomic E-state index is 12.9. The van der Waals surface area contributed by atoms with Crippen molar-refractivity contribution in [3.8, 4) is 23.8 Å². The van der Waals surface area contributed by atoms with E-state index in [1.807, 2.05) is 0 Å². The zero-order valence-corrected chi connectivity index (χ0v) is 22.0. The number of alkyl halides is 3. The van der Waals surface area contributed by atoms with Crippen LogP contribution in [-0.2, 0) is 17.8 Å². The highest BCUT2D eigenvalue weighted by Crippen LogP contribution is 2.48. The van der Waals surface area contributed by atoms with Gasteiger partial charge in [0.05, 0.1) is 5.92 Å². The Kier molecular flexibility index (Phi) is 7.82. The second kappa shape index (κ2) is 11.1. The Morgan fingerprint density at radius 3 is 2.54 bits per heavy atom. The van der Waals surface area contributed by atoms with Crippen LogP contribution in [0.25, 0.3) is 0 Å². The first-order valence-corrected chi connectivity index (χ1v) is 13.7. The van der Waals surface area contributed by atoms with Crippen LogP contribution < -0.4 is 9.47 Å². The van der Waals surface area contributed by atoms with Crippen molar-refractivity contribution in [2.45, 2.75) is 70.4 Å². The molecule has 0 aromatic heterocycles. The highest BCUT2D eigenvalue weighted by molar-refractivity contribution is 5.71. The Labute approximate surface area is 227 Å². The molecule has 3 aliphatic rings. The molecule has 1 saturated carbocycles. The maximum Gasteiger partial charge on any atom is 0.573 e. The third-order valence-electron chi connectivity index (χ3n) is 8.52. The average Bonchev–Trinajstić information content (AvgIpc) is 3.74. The van der Waals surface area contributed by atoms with Gasteiger partial charge in [0.15, 0.2) is 0 Å². The van der Waals surface area contributed by atoms with Crippen molar-refractivity contribution in [1.29, 1.82) is 0 Å². The molecular weight excluding hydrogens is 507 g/mol. The number of terminal acetylenes is 1. The number of likely N-dealkylation sites (tertiary alicyclic amines) is 1. The third-order valence-corrected chi connectivity index (χ3v) is 8.52. The minimum absolute atomic E-state index is 0.000736. The van der Waals surface area contributed by atoms with E-state index < -0.39 is 18.2 Å². The fourth-order valence-corrected chi connectivity index (χ4v) is 6.27. The van der Waals surface area contributed by atoms with Gasteiger partial charge in [0.2, 0.25) is 0 Å². The van der Waals surface area contributed by atoms with Crippen LogP contribution in [0.2, 0.25) is 0 Å². The van der Waals surface area contributed by atoms with Crippen molar-refractivity contribution in [1.82, 2.24) is 4.90 Å².